The van der Waals surface area contributed by atoms with Crippen molar-refractivity contribution in [3.8, 4) is 0 Å². The molecule has 0 radical (unpaired) electrons. The molecule has 0 atom stereocenters. The Morgan fingerprint density at radius 1 is 1.18 bits per heavy atom. The Hall–Kier alpha value is 0.981. The topological polar surface area (TPSA) is 27.7 Å². The van der Waals surface area contributed by atoms with Gasteiger partial charge in [0.15, 0.2) is 0 Å². The molecule has 0 saturated carbocycles. The average molecular weight is 196 g/mol. The van der Waals surface area contributed by atoms with Crippen LogP contribution in [0, 0.1) is 6.92 Å². The zero-order chi connectivity index (χ0) is 8.41. The standard InChI is InChI=1S/C3H5.BF3O3.K/c1-3-2;2-5-1(6-3)7-4;/h3H,1-2H2;;/q-1;;+1. The summed E-state index contributed by atoms with van der Waals surface area (Å²) >= 11 is 0. The van der Waals surface area contributed by atoms with Crippen LogP contribution < -0.4 is 51.4 Å². The van der Waals surface area contributed by atoms with Crippen molar-refractivity contribution in [2.75, 3.05) is 0 Å². The van der Waals surface area contributed by atoms with E-state index in [0.29, 0.717) is 0 Å². The van der Waals surface area contributed by atoms with Gasteiger partial charge in [0.25, 0.3) is 0 Å². The molecule has 0 aliphatic carbocycles. The monoisotopic (exact) mass is 196 g/mol. The molecule has 0 aromatic carbocycles. The first-order valence-corrected chi connectivity index (χ1v) is 1.99. The van der Waals surface area contributed by atoms with E-state index in [9.17, 15) is 13.6 Å². The van der Waals surface area contributed by atoms with E-state index in [1.165, 1.54) is 6.08 Å². The summed E-state index contributed by atoms with van der Waals surface area (Å²) in [7, 11) is -2.51. The van der Waals surface area contributed by atoms with Gasteiger partial charge in [0.1, 0.15) is 0 Å². The van der Waals surface area contributed by atoms with Gasteiger partial charge in [0, 0.05) is 0 Å². The molecular formula is C3H5BF3KO3. The molecule has 0 N–H and O–H groups in total. The molecule has 0 fully saturated rings. The minimum absolute atomic E-state index is 0. The van der Waals surface area contributed by atoms with Crippen LogP contribution >= 0.6 is 0 Å². The Kier molecular flexibility index (Phi) is 28.0. The van der Waals surface area contributed by atoms with Crippen LogP contribution in [0.2, 0.25) is 0 Å². The second-order valence-corrected chi connectivity index (χ2v) is 0.845. The molecular weight excluding hydrogens is 191 g/mol. The maximum Gasteiger partial charge on any atom is 1.00 e. The molecule has 0 rings (SSSR count). The van der Waals surface area contributed by atoms with Crippen molar-refractivity contribution in [1.29, 1.82) is 0 Å². The van der Waals surface area contributed by atoms with Gasteiger partial charge >= 0.3 is 58.7 Å². The van der Waals surface area contributed by atoms with E-state index in [-0.39, 0.29) is 51.4 Å². The van der Waals surface area contributed by atoms with E-state index in [1.54, 1.807) is 0 Å². The molecule has 0 aromatic heterocycles. The first-order chi connectivity index (χ1) is 4.76. The summed E-state index contributed by atoms with van der Waals surface area (Å²) < 4.78 is 31.3. The van der Waals surface area contributed by atoms with E-state index in [4.69, 9.17) is 0 Å². The fraction of sp³-hybridized carbons (Fsp3) is 0. The quantitative estimate of drug-likeness (QED) is 0.414. The fourth-order valence-corrected chi connectivity index (χ4v) is 0.0412. The van der Waals surface area contributed by atoms with Crippen molar-refractivity contribution in [2.24, 2.45) is 0 Å². The summed E-state index contributed by atoms with van der Waals surface area (Å²) in [4.78, 5) is 7.06. The van der Waals surface area contributed by atoms with Crippen LogP contribution in [0.4, 0.5) is 13.6 Å². The van der Waals surface area contributed by atoms with E-state index >= 15 is 0 Å². The molecule has 3 nitrogen and oxygen atoms in total. The summed E-state index contributed by atoms with van der Waals surface area (Å²) in [5, 5.41) is 0. The van der Waals surface area contributed by atoms with Gasteiger partial charge in [0.05, 0.1) is 0 Å². The fourth-order valence-electron chi connectivity index (χ4n) is 0.0412. The molecule has 0 aliphatic heterocycles. The Balaban J connectivity index is -0.000000140. The van der Waals surface area contributed by atoms with E-state index in [1.807, 2.05) is 0 Å². The normalized spacial score (nSPS) is 6.82. The summed E-state index contributed by atoms with van der Waals surface area (Å²) in [6, 6.07) is 0. The van der Waals surface area contributed by atoms with Crippen molar-refractivity contribution in [1.82, 2.24) is 0 Å². The maximum absolute atomic E-state index is 10.4. The predicted octanol–water partition coefficient (Wildman–Crippen LogP) is -1.31. The average Bonchev–Trinajstić information content (AvgIpc) is 1.93. The van der Waals surface area contributed by atoms with E-state index in [0.717, 1.165) is 0 Å². The Morgan fingerprint density at radius 2 is 1.36 bits per heavy atom. The van der Waals surface area contributed by atoms with Crippen LogP contribution in [-0.4, -0.2) is 7.32 Å². The predicted molar refractivity (Wildman–Crippen MR) is 27.9 cm³/mol. The second kappa shape index (κ2) is 17.2. The van der Waals surface area contributed by atoms with E-state index in [2.05, 4.69) is 28.1 Å². The zero-order valence-electron chi connectivity index (χ0n) is 5.93. The largest absolute Gasteiger partial charge is 1.00 e. The number of hydrogen-bond donors (Lipinski definition) is 0. The third-order valence-electron chi connectivity index (χ3n) is 0.218. The molecule has 0 bridgehead atoms. The zero-order valence-corrected chi connectivity index (χ0v) is 9.05. The number of rotatable bonds is 3. The van der Waals surface area contributed by atoms with Gasteiger partial charge in [-0.2, -0.15) is 14.6 Å². The third-order valence-corrected chi connectivity index (χ3v) is 0.218. The second-order valence-electron chi connectivity index (χ2n) is 0.845. The summed E-state index contributed by atoms with van der Waals surface area (Å²) in [5.41, 5.74) is 0. The van der Waals surface area contributed by atoms with Crippen LogP contribution in [0.1, 0.15) is 0 Å². The number of halogens is 3. The van der Waals surface area contributed by atoms with Gasteiger partial charge in [0.2, 0.25) is 0 Å². The minimum Gasteiger partial charge on any atom is -0.245 e. The molecule has 8 heteroatoms. The Labute approximate surface area is 105 Å². The minimum atomic E-state index is -2.51. The van der Waals surface area contributed by atoms with Crippen LogP contribution in [-0.2, 0) is 14.6 Å². The van der Waals surface area contributed by atoms with Gasteiger partial charge in [-0.05, 0) is 0 Å². The van der Waals surface area contributed by atoms with Gasteiger partial charge in [-0.25, -0.2) is 19.6 Å². The van der Waals surface area contributed by atoms with Crippen molar-refractivity contribution < 1.29 is 79.5 Å². The van der Waals surface area contributed by atoms with Gasteiger partial charge < -0.3 is 0 Å². The van der Waals surface area contributed by atoms with Gasteiger partial charge in [-0.1, -0.05) is 13.6 Å². The molecule has 0 aromatic rings. The SMILES string of the molecule is C=C[CH2-].FOB(OF)OF.[K+]. The molecule has 0 spiro atoms. The summed E-state index contributed by atoms with van der Waals surface area (Å²) in [6.45, 7) is 6.50. The van der Waals surface area contributed by atoms with Gasteiger partial charge in [-0.15, -0.1) is 0 Å². The maximum atomic E-state index is 10.4. The molecule has 0 amide bonds. The summed E-state index contributed by atoms with van der Waals surface area (Å²) in [5.74, 6) is 0. The van der Waals surface area contributed by atoms with Crippen molar-refractivity contribution in [3.63, 3.8) is 0 Å². The first kappa shape index (κ1) is 17.9. The molecule has 0 saturated heterocycles. The van der Waals surface area contributed by atoms with E-state index < -0.39 is 7.32 Å². The Morgan fingerprint density at radius 3 is 1.36 bits per heavy atom. The van der Waals surface area contributed by atoms with Crippen molar-refractivity contribution >= 4 is 7.32 Å². The molecule has 0 unspecified atom stereocenters. The Bertz CT molecular complexity index is 69.3. The van der Waals surface area contributed by atoms with Crippen molar-refractivity contribution in [3.05, 3.63) is 19.6 Å². The molecule has 60 valence electrons. The van der Waals surface area contributed by atoms with Gasteiger partial charge in [-0.3, -0.25) is 0 Å². The number of hydrogen-bond acceptors (Lipinski definition) is 3. The number of allylic oxidation sites excluding steroid dienone is 1. The van der Waals surface area contributed by atoms with Crippen LogP contribution in [0.5, 0.6) is 0 Å². The van der Waals surface area contributed by atoms with Crippen LogP contribution in [0.3, 0.4) is 0 Å². The third kappa shape index (κ3) is 18.2. The molecule has 0 aliphatic rings. The first-order valence-electron chi connectivity index (χ1n) is 1.99. The molecule has 0 heterocycles. The summed E-state index contributed by atoms with van der Waals surface area (Å²) in [6.07, 6.45) is 1.50. The molecule has 11 heavy (non-hydrogen) atoms. The van der Waals surface area contributed by atoms with Crippen LogP contribution in [0.15, 0.2) is 12.7 Å². The van der Waals surface area contributed by atoms with Crippen molar-refractivity contribution in [2.45, 2.75) is 0 Å². The van der Waals surface area contributed by atoms with Crippen LogP contribution in [0.25, 0.3) is 0 Å². The smallest absolute Gasteiger partial charge is 0.245 e.